The summed E-state index contributed by atoms with van der Waals surface area (Å²) in [5.74, 6) is 1.91. The first-order valence-corrected chi connectivity index (χ1v) is 9.39. The predicted octanol–water partition coefficient (Wildman–Crippen LogP) is 4.10. The van der Waals surface area contributed by atoms with E-state index in [9.17, 15) is 4.79 Å². The van der Waals surface area contributed by atoms with Crippen molar-refractivity contribution in [3.63, 3.8) is 0 Å². The molecule has 1 atom stereocenters. The summed E-state index contributed by atoms with van der Waals surface area (Å²) in [7, 11) is 0. The minimum Gasteiger partial charge on any atom is -0.493 e. The molecule has 1 heterocycles. The highest BCUT2D eigenvalue weighted by molar-refractivity contribution is 9.09. The average Bonchev–Trinajstić information content (AvgIpc) is 2.99. The standard InChI is InChI=1S/C18H26BrNO4/c1-18(2,3)24-17(21)20-9-7-14(12-20)13-23-16-6-4-5-15(11-16)22-10-8-19/h4-6,11,14H,7-10,12-13H2,1-3H3. The normalized spacial score (nSPS) is 17.7. The molecule has 6 heteroatoms. The maximum Gasteiger partial charge on any atom is 0.410 e. The Morgan fingerprint density at radius 2 is 2.00 bits per heavy atom. The summed E-state index contributed by atoms with van der Waals surface area (Å²) in [6.07, 6.45) is 0.689. The van der Waals surface area contributed by atoms with Gasteiger partial charge in [-0.2, -0.15) is 0 Å². The Balaban J connectivity index is 1.78. The van der Waals surface area contributed by atoms with Crippen molar-refractivity contribution in [3.8, 4) is 11.5 Å². The van der Waals surface area contributed by atoms with Crippen LogP contribution in [0, 0.1) is 5.92 Å². The predicted molar refractivity (Wildman–Crippen MR) is 97.1 cm³/mol. The van der Waals surface area contributed by atoms with Gasteiger partial charge in [0.15, 0.2) is 0 Å². The van der Waals surface area contributed by atoms with Crippen molar-refractivity contribution < 1.29 is 19.0 Å². The van der Waals surface area contributed by atoms with Crippen LogP contribution in [0.1, 0.15) is 27.2 Å². The van der Waals surface area contributed by atoms with Crippen LogP contribution < -0.4 is 9.47 Å². The second-order valence-corrected chi connectivity index (χ2v) is 7.70. The molecule has 1 aliphatic heterocycles. The summed E-state index contributed by atoms with van der Waals surface area (Å²) < 4.78 is 16.8. The number of halogens is 1. The van der Waals surface area contributed by atoms with Gasteiger partial charge in [-0.3, -0.25) is 0 Å². The second kappa shape index (κ2) is 8.60. The summed E-state index contributed by atoms with van der Waals surface area (Å²) in [4.78, 5) is 13.8. The van der Waals surface area contributed by atoms with Crippen molar-refractivity contribution in [2.24, 2.45) is 5.92 Å². The number of rotatable bonds is 6. The van der Waals surface area contributed by atoms with Gasteiger partial charge in [0.1, 0.15) is 17.1 Å². The lowest BCUT2D eigenvalue weighted by molar-refractivity contribution is 0.0285. The van der Waals surface area contributed by atoms with Crippen molar-refractivity contribution in [3.05, 3.63) is 24.3 Å². The third-order valence-electron chi connectivity index (χ3n) is 3.57. The van der Waals surface area contributed by atoms with Gasteiger partial charge in [-0.1, -0.05) is 22.0 Å². The summed E-state index contributed by atoms with van der Waals surface area (Å²) in [6, 6.07) is 7.64. The molecule has 134 valence electrons. The lowest BCUT2D eigenvalue weighted by Crippen LogP contribution is -2.35. The van der Waals surface area contributed by atoms with Crippen LogP contribution in [0.2, 0.25) is 0 Å². The number of likely N-dealkylation sites (tertiary alicyclic amines) is 1. The van der Waals surface area contributed by atoms with Gasteiger partial charge < -0.3 is 19.1 Å². The molecular formula is C18H26BrNO4. The van der Waals surface area contributed by atoms with Gasteiger partial charge in [0, 0.05) is 30.4 Å². The van der Waals surface area contributed by atoms with Gasteiger partial charge >= 0.3 is 6.09 Å². The fourth-order valence-corrected chi connectivity index (χ4v) is 2.65. The molecule has 1 amide bonds. The van der Waals surface area contributed by atoms with Crippen molar-refractivity contribution in [1.82, 2.24) is 4.90 Å². The van der Waals surface area contributed by atoms with Gasteiger partial charge in [-0.25, -0.2) is 4.79 Å². The largest absolute Gasteiger partial charge is 0.493 e. The van der Waals surface area contributed by atoms with Crippen molar-refractivity contribution in [2.45, 2.75) is 32.8 Å². The SMILES string of the molecule is CC(C)(C)OC(=O)N1CCC(COc2cccc(OCCBr)c2)C1. The highest BCUT2D eigenvalue weighted by Crippen LogP contribution is 2.23. The van der Waals surface area contributed by atoms with Crippen LogP contribution in [-0.4, -0.2) is 48.2 Å². The fourth-order valence-electron chi connectivity index (χ4n) is 2.49. The first kappa shape index (κ1) is 18.9. The molecule has 0 spiro atoms. The summed E-state index contributed by atoms with van der Waals surface area (Å²) >= 11 is 3.34. The first-order valence-electron chi connectivity index (χ1n) is 8.27. The smallest absolute Gasteiger partial charge is 0.410 e. The van der Waals surface area contributed by atoms with Gasteiger partial charge in [0.05, 0.1) is 13.2 Å². The summed E-state index contributed by atoms with van der Waals surface area (Å²) in [5, 5.41) is 0.792. The molecule has 1 aromatic rings. The van der Waals surface area contributed by atoms with Crippen LogP contribution in [0.4, 0.5) is 4.79 Å². The third-order valence-corrected chi connectivity index (χ3v) is 3.90. The van der Waals surface area contributed by atoms with Crippen LogP contribution in [0.3, 0.4) is 0 Å². The topological polar surface area (TPSA) is 48.0 Å². The first-order chi connectivity index (χ1) is 11.4. The van der Waals surface area contributed by atoms with Gasteiger partial charge in [-0.05, 0) is 39.3 Å². The molecule has 24 heavy (non-hydrogen) atoms. The minimum absolute atomic E-state index is 0.241. The number of ether oxygens (including phenoxy) is 3. The number of amides is 1. The maximum atomic E-state index is 12.1. The second-order valence-electron chi connectivity index (χ2n) is 6.90. The summed E-state index contributed by atoms with van der Waals surface area (Å²) in [6.45, 7) is 8.24. The average molecular weight is 400 g/mol. The fraction of sp³-hybridized carbons (Fsp3) is 0.611. The van der Waals surface area contributed by atoms with Crippen LogP contribution in [0.15, 0.2) is 24.3 Å². The molecule has 0 saturated carbocycles. The highest BCUT2D eigenvalue weighted by Gasteiger charge is 2.30. The Morgan fingerprint density at radius 3 is 2.67 bits per heavy atom. The van der Waals surface area contributed by atoms with E-state index in [-0.39, 0.29) is 6.09 Å². The van der Waals surface area contributed by atoms with E-state index in [0.29, 0.717) is 25.7 Å². The lowest BCUT2D eigenvalue weighted by Gasteiger charge is -2.24. The molecule has 1 unspecified atom stereocenters. The zero-order valence-electron chi connectivity index (χ0n) is 14.6. The van der Waals surface area contributed by atoms with Crippen molar-refractivity contribution >= 4 is 22.0 Å². The van der Waals surface area contributed by atoms with Crippen LogP contribution >= 0.6 is 15.9 Å². The zero-order chi connectivity index (χ0) is 17.6. The van der Waals surface area contributed by atoms with Crippen LogP contribution in [-0.2, 0) is 4.74 Å². The zero-order valence-corrected chi connectivity index (χ0v) is 16.2. The molecule has 0 bridgehead atoms. The molecule has 0 aliphatic carbocycles. The van der Waals surface area contributed by atoms with Crippen molar-refractivity contribution in [1.29, 1.82) is 0 Å². The van der Waals surface area contributed by atoms with E-state index in [2.05, 4.69) is 15.9 Å². The number of alkyl halides is 1. The Kier molecular flexibility index (Phi) is 6.78. The van der Waals surface area contributed by atoms with E-state index in [1.54, 1.807) is 4.90 Å². The van der Waals surface area contributed by atoms with Gasteiger partial charge in [-0.15, -0.1) is 0 Å². The van der Waals surface area contributed by atoms with E-state index in [1.165, 1.54) is 0 Å². The molecule has 5 nitrogen and oxygen atoms in total. The molecule has 1 aromatic carbocycles. The monoisotopic (exact) mass is 399 g/mol. The molecular weight excluding hydrogens is 374 g/mol. The van der Waals surface area contributed by atoms with E-state index < -0.39 is 5.60 Å². The quantitative estimate of drug-likeness (QED) is 0.675. The van der Waals surface area contributed by atoms with Gasteiger partial charge in [0.25, 0.3) is 0 Å². The van der Waals surface area contributed by atoms with Crippen molar-refractivity contribution in [2.75, 3.05) is 31.6 Å². The minimum atomic E-state index is -0.457. The molecule has 1 saturated heterocycles. The maximum absolute atomic E-state index is 12.1. The number of nitrogens with zero attached hydrogens (tertiary/aromatic N) is 1. The number of hydrogen-bond acceptors (Lipinski definition) is 4. The Labute approximate surface area is 152 Å². The Hall–Kier alpha value is -1.43. The molecule has 0 aromatic heterocycles. The summed E-state index contributed by atoms with van der Waals surface area (Å²) in [5.41, 5.74) is -0.457. The van der Waals surface area contributed by atoms with Crippen LogP contribution in [0.25, 0.3) is 0 Å². The van der Waals surface area contributed by atoms with E-state index in [4.69, 9.17) is 14.2 Å². The van der Waals surface area contributed by atoms with E-state index in [0.717, 1.165) is 29.8 Å². The molecule has 1 fully saturated rings. The highest BCUT2D eigenvalue weighted by atomic mass is 79.9. The number of carbonyl (C=O) groups is 1. The Morgan fingerprint density at radius 1 is 1.29 bits per heavy atom. The van der Waals surface area contributed by atoms with E-state index >= 15 is 0 Å². The van der Waals surface area contributed by atoms with Crippen LogP contribution in [0.5, 0.6) is 11.5 Å². The van der Waals surface area contributed by atoms with E-state index in [1.807, 2.05) is 45.0 Å². The molecule has 0 N–H and O–H groups in total. The number of carbonyl (C=O) groups excluding carboxylic acids is 1. The third kappa shape index (κ3) is 6.23. The molecule has 0 radical (unpaired) electrons. The number of benzene rings is 1. The Bertz CT molecular complexity index is 544. The van der Waals surface area contributed by atoms with Gasteiger partial charge in [0.2, 0.25) is 0 Å². The molecule has 2 rings (SSSR count). The number of hydrogen-bond donors (Lipinski definition) is 0. The lowest BCUT2D eigenvalue weighted by atomic mass is 10.1. The molecule has 1 aliphatic rings.